The molecule has 0 aromatic heterocycles. The Morgan fingerprint density at radius 1 is 1.03 bits per heavy atom. The number of rotatable bonds is 8. The van der Waals surface area contributed by atoms with E-state index in [0.717, 1.165) is 24.5 Å². The average molecular weight is 398 g/mol. The highest BCUT2D eigenvalue weighted by Gasteiger charge is 2.70. The van der Waals surface area contributed by atoms with Crippen molar-refractivity contribution in [1.82, 2.24) is 0 Å². The molecule has 0 heterocycles. The van der Waals surface area contributed by atoms with Gasteiger partial charge >= 0.3 is 0 Å². The first-order chi connectivity index (χ1) is 13.6. The number of hydrogen-bond acceptors (Lipinski definition) is 2. The monoisotopic (exact) mass is 397 g/mol. The number of nitrogens with zero attached hydrogens (tertiary/aromatic N) is 1. The predicted molar refractivity (Wildman–Crippen MR) is 125 cm³/mol. The second-order valence-electron chi connectivity index (χ2n) is 11.0. The third-order valence-electron chi connectivity index (χ3n) is 8.84. The summed E-state index contributed by atoms with van der Waals surface area (Å²) in [5, 5.41) is 4.40. The SMILES string of the molecule is CC(C)=CCC/C(C)=C/CO/N=C(C)/C=C(\C)[C@@]12CCC[C@@]3(C)[C@@H]1CC[C@@]3(C)C2. The maximum Gasteiger partial charge on any atom is 0.135 e. The van der Waals surface area contributed by atoms with Crippen molar-refractivity contribution in [2.24, 2.45) is 27.3 Å². The molecular formula is C27H43NO. The molecule has 0 aromatic rings. The van der Waals surface area contributed by atoms with Crippen molar-refractivity contribution in [3.8, 4) is 0 Å². The summed E-state index contributed by atoms with van der Waals surface area (Å²) in [5.41, 5.74) is 6.83. The van der Waals surface area contributed by atoms with Gasteiger partial charge in [-0.1, -0.05) is 48.2 Å². The van der Waals surface area contributed by atoms with Crippen LogP contribution in [0.1, 0.15) is 99.8 Å². The van der Waals surface area contributed by atoms with E-state index in [9.17, 15) is 0 Å². The Labute approximate surface area is 179 Å². The van der Waals surface area contributed by atoms with E-state index >= 15 is 0 Å². The Kier molecular flexibility index (Phi) is 6.51. The van der Waals surface area contributed by atoms with Crippen LogP contribution in [0.2, 0.25) is 0 Å². The Hall–Kier alpha value is -1.31. The molecule has 3 rings (SSSR count). The molecule has 0 amide bonds. The van der Waals surface area contributed by atoms with Crippen LogP contribution in [0.5, 0.6) is 0 Å². The molecule has 3 aliphatic rings. The van der Waals surface area contributed by atoms with E-state index in [2.05, 4.69) is 71.8 Å². The molecule has 0 N–H and O–H groups in total. The van der Waals surface area contributed by atoms with Crippen molar-refractivity contribution >= 4 is 5.71 Å². The first kappa shape index (κ1) is 22.4. The van der Waals surface area contributed by atoms with E-state index in [0.29, 0.717) is 22.9 Å². The second kappa shape index (κ2) is 8.44. The molecule has 0 unspecified atom stereocenters. The van der Waals surface area contributed by atoms with Gasteiger partial charge in [-0.15, -0.1) is 0 Å². The molecule has 0 spiro atoms. The summed E-state index contributed by atoms with van der Waals surface area (Å²) in [6, 6.07) is 0. The third kappa shape index (κ3) is 4.14. The maximum atomic E-state index is 5.61. The van der Waals surface area contributed by atoms with Crippen molar-refractivity contribution in [3.05, 3.63) is 34.9 Å². The molecule has 3 aliphatic carbocycles. The van der Waals surface area contributed by atoms with Gasteiger partial charge in [-0.25, -0.2) is 0 Å². The van der Waals surface area contributed by atoms with Crippen LogP contribution in [0, 0.1) is 22.2 Å². The lowest BCUT2D eigenvalue weighted by atomic mass is 9.59. The van der Waals surface area contributed by atoms with Gasteiger partial charge in [0.2, 0.25) is 0 Å². The summed E-state index contributed by atoms with van der Waals surface area (Å²) < 4.78 is 0. The van der Waals surface area contributed by atoms with Crippen molar-refractivity contribution in [3.63, 3.8) is 0 Å². The van der Waals surface area contributed by atoms with Gasteiger partial charge in [0.15, 0.2) is 0 Å². The van der Waals surface area contributed by atoms with E-state index in [1.54, 1.807) is 5.57 Å². The first-order valence-electron chi connectivity index (χ1n) is 11.8. The minimum absolute atomic E-state index is 0.415. The van der Waals surface area contributed by atoms with Crippen molar-refractivity contribution in [1.29, 1.82) is 0 Å². The van der Waals surface area contributed by atoms with Crippen LogP contribution in [-0.4, -0.2) is 12.3 Å². The van der Waals surface area contributed by atoms with E-state index in [1.165, 1.54) is 49.7 Å². The number of hydrogen-bond donors (Lipinski definition) is 0. The molecule has 0 radical (unpaired) electrons. The summed E-state index contributed by atoms with van der Waals surface area (Å²) in [6.45, 7) is 16.7. The zero-order chi connectivity index (χ0) is 21.3. The van der Waals surface area contributed by atoms with E-state index in [4.69, 9.17) is 4.84 Å². The molecule has 0 aliphatic heterocycles. The molecular weight excluding hydrogens is 354 g/mol. The predicted octanol–water partition coefficient (Wildman–Crippen LogP) is 8.01. The van der Waals surface area contributed by atoms with Crippen LogP contribution in [0.3, 0.4) is 0 Å². The molecule has 2 nitrogen and oxygen atoms in total. The van der Waals surface area contributed by atoms with Crippen LogP contribution in [0.25, 0.3) is 0 Å². The fourth-order valence-electron chi connectivity index (χ4n) is 7.10. The fourth-order valence-corrected chi connectivity index (χ4v) is 7.10. The number of oxime groups is 1. The minimum Gasteiger partial charge on any atom is -0.391 e. The van der Waals surface area contributed by atoms with Crippen molar-refractivity contribution in [2.75, 3.05) is 6.61 Å². The Morgan fingerprint density at radius 3 is 2.52 bits per heavy atom. The lowest BCUT2D eigenvalue weighted by Crippen LogP contribution is -2.37. The summed E-state index contributed by atoms with van der Waals surface area (Å²) in [6.07, 6.45) is 17.4. The maximum absolute atomic E-state index is 5.61. The largest absolute Gasteiger partial charge is 0.391 e. The van der Waals surface area contributed by atoms with Crippen LogP contribution in [0.4, 0.5) is 0 Å². The van der Waals surface area contributed by atoms with E-state index < -0.39 is 0 Å². The molecule has 3 fully saturated rings. The highest BCUT2D eigenvalue weighted by atomic mass is 16.6. The highest BCUT2D eigenvalue weighted by Crippen LogP contribution is 2.78. The van der Waals surface area contributed by atoms with Gasteiger partial charge in [-0.3, -0.25) is 0 Å². The van der Waals surface area contributed by atoms with Gasteiger partial charge in [0, 0.05) is 0 Å². The van der Waals surface area contributed by atoms with Gasteiger partial charge in [-0.2, -0.15) is 0 Å². The smallest absolute Gasteiger partial charge is 0.135 e. The minimum atomic E-state index is 0.415. The molecule has 2 heteroatoms. The van der Waals surface area contributed by atoms with Crippen LogP contribution >= 0.6 is 0 Å². The topological polar surface area (TPSA) is 21.6 Å². The first-order valence-corrected chi connectivity index (χ1v) is 11.8. The fraction of sp³-hybridized carbons (Fsp3) is 0.741. The quantitative estimate of drug-likeness (QED) is 0.176. The zero-order valence-electron chi connectivity index (χ0n) is 20.0. The zero-order valence-corrected chi connectivity index (χ0v) is 20.0. The van der Waals surface area contributed by atoms with Gasteiger partial charge in [0.25, 0.3) is 0 Å². The molecule has 162 valence electrons. The van der Waals surface area contributed by atoms with Crippen LogP contribution in [0.15, 0.2) is 40.1 Å². The normalized spacial score (nSPS) is 37.1. The Bertz CT molecular complexity index is 738. The van der Waals surface area contributed by atoms with E-state index in [-0.39, 0.29) is 0 Å². The van der Waals surface area contributed by atoms with Gasteiger partial charge in [0.05, 0.1) is 5.71 Å². The molecule has 29 heavy (non-hydrogen) atoms. The van der Waals surface area contributed by atoms with Crippen LogP contribution < -0.4 is 0 Å². The lowest BCUT2D eigenvalue weighted by Gasteiger charge is -2.46. The van der Waals surface area contributed by atoms with Gasteiger partial charge < -0.3 is 4.84 Å². The molecule has 0 aromatic carbocycles. The van der Waals surface area contributed by atoms with Crippen molar-refractivity contribution in [2.45, 2.75) is 99.8 Å². The van der Waals surface area contributed by atoms with Gasteiger partial charge in [-0.05, 0) is 114 Å². The molecule has 4 atom stereocenters. The highest BCUT2D eigenvalue weighted by molar-refractivity contribution is 5.93. The lowest BCUT2D eigenvalue weighted by molar-refractivity contribution is 0.0724. The molecule has 4 bridgehead atoms. The van der Waals surface area contributed by atoms with Gasteiger partial charge in [0.1, 0.15) is 6.61 Å². The second-order valence-corrected chi connectivity index (χ2v) is 11.0. The standard InChI is InChI=1S/C27H43NO/c1-20(2)10-8-11-21(3)13-17-29-28-23(5)18-22(4)27-15-9-14-26(7)24(27)12-16-25(26,6)19-27/h10,13,18,24H,8-9,11-12,14-17,19H2,1-7H3/b21-13+,22-18+,28-23+/t24-,25-,26-,27-/m0/s1. The summed E-state index contributed by atoms with van der Waals surface area (Å²) in [5.74, 6) is 0.866. The molecule has 0 saturated heterocycles. The van der Waals surface area contributed by atoms with E-state index in [1.807, 2.05) is 0 Å². The summed E-state index contributed by atoms with van der Waals surface area (Å²) in [4.78, 5) is 5.61. The summed E-state index contributed by atoms with van der Waals surface area (Å²) >= 11 is 0. The summed E-state index contributed by atoms with van der Waals surface area (Å²) in [7, 11) is 0. The third-order valence-corrected chi connectivity index (χ3v) is 8.84. The average Bonchev–Trinajstić information content (AvgIpc) is 2.95. The Balaban J connectivity index is 1.60. The van der Waals surface area contributed by atoms with Crippen molar-refractivity contribution < 1.29 is 4.84 Å². The number of allylic oxidation sites excluding steroid dienone is 5. The molecule has 3 saturated carbocycles. The van der Waals surface area contributed by atoms with Crippen LogP contribution in [-0.2, 0) is 4.84 Å². The Morgan fingerprint density at radius 2 is 1.79 bits per heavy atom.